The SMILES string of the molecule is CCN[Si](Cl)(CC)CC. The van der Waals surface area contributed by atoms with Gasteiger partial charge in [-0.15, -0.1) is 11.1 Å². The van der Waals surface area contributed by atoms with Crippen LogP contribution in [0.1, 0.15) is 20.8 Å². The molecule has 3 heteroatoms. The Morgan fingerprint density at radius 1 is 1.22 bits per heavy atom. The molecule has 0 aromatic carbocycles. The maximum absolute atomic E-state index is 6.24. The van der Waals surface area contributed by atoms with E-state index in [1.807, 2.05) is 0 Å². The summed E-state index contributed by atoms with van der Waals surface area (Å²) >= 11 is 6.24. The molecular formula is C6H16ClNSi. The lowest BCUT2D eigenvalue weighted by molar-refractivity contribution is 0.951. The average molecular weight is 166 g/mol. The number of hydrogen-bond acceptors (Lipinski definition) is 1. The first kappa shape index (κ1) is 9.47. The molecule has 0 aromatic rings. The van der Waals surface area contributed by atoms with Crippen molar-refractivity contribution in [3.8, 4) is 0 Å². The predicted octanol–water partition coefficient (Wildman–Crippen LogP) is 2.32. The molecule has 0 aromatic heterocycles. The molecule has 0 aliphatic heterocycles. The highest BCUT2D eigenvalue weighted by Crippen LogP contribution is 2.15. The second kappa shape index (κ2) is 4.31. The van der Waals surface area contributed by atoms with Gasteiger partial charge in [0.05, 0.1) is 0 Å². The fourth-order valence-corrected chi connectivity index (χ4v) is 2.85. The molecule has 56 valence electrons. The Morgan fingerprint density at radius 3 is 1.78 bits per heavy atom. The predicted molar refractivity (Wildman–Crippen MR) is 46.2 cm³/mol. The van der Waals surface area contributed by atoms with Gasteiger partial charge in [-0.3, -0.25) is 0 Å². The topological polar surface area (TPSA) is 12.0 Å². The minimum Gasteiger partial charge on any atom is -0.326 e. The van der Waals surface area contributed by atoms with E-state index in [1.54, 1.807) is 0 Å². The van der Waals surface area contributed by atoms with E-state index < -0.39 is 7.55 Å². The second-order valence-corrected chi connectivity index (χ2v) is 8.07. The summed E-state index contributed by atoms with van der Waals surface area (Å²) in [5, 5.41) is 0. The largest absolute Gasteiger partial charge is 0.326 e. The summed E-state index contributed by atoms with van der Waals surface area (Å²) in [4.78, 5) is 3.36. The van der Waals surface area contributed by atoms with Crippen LogP contribution in [0.3, 0.4) is 0 Å². The second-order valence-electron chi connectivity index (χ2n) is 2.20. The number of rotatable bonds is 4. The molecule has 0 saturated heterocycles. The lowest BCUT2D eigenvalue weighted by Crippen LogP contribution is -2.43. The van der Waals surface area contributed by atoms with Crippen molar-refractivity contribution >= 4 is 18.6 Å². The fraction of sp³-hybridized carbons (Fsp3) is 1.00. The van der Waals surface area contributed by atoms with Gasteiger partial charge < -0.3 is 4.98 Å². The lowest BCUT2D eigenvalue weighted by atomic mass is 10.8. The summed E-state index contributed by atoms with van der Waals surface area (Å²) in [5.74, 6) is 0. The molecule has 0 aliphatic carbocycles. The van der Waals surface area contributed by atoms with Gasteiger partial charge in [0.25, 0.3) is 0 Å². The normalized spacial score (nSPS) is 12.0. The Labute approximate surface area is 63.6 Å². The van der Waals surface area contributed by atoms with Crippen molar-refractivity contribution in [1.29, 1.82) is 0 Å². The van der Waals surface area contributed by atoms with Gasteiger partial charge in [-0.25, -0.2) is 0 Å². The maximum atomic E-state index is 6.24. The summed E-state index contributed by atoms with van der Waals surface area (Å²) in [6, 6.07) is 2.25. The van der Waals surface area contributed by atoms with Crippen molar-refractivity contribution in [3.05, 3.63) is 0 Å². The van der Waals surface area contributed by atoms with Crippen LogP contribution in [0, 0.1) is 0 Å². The Bertz CT molecular complexity index is 73.5. The molecule has 0 fully saturated rings. The van der Waals surface area contributed by atoms with Crippen molar-refractivity contribution < 1.29 is 0 Å². The third-order valence-electron chi connectivity index (χ3n) is 1.61. The molecule has 1 N–H and O–H groups in total. The molecule has 0 saturated carbocycles. The van der Waals surface area contributed by atoms with Crippen LogP contribution in [0.15, 0.2) is 0 Å². The third kappa shape index (κ3) is 3.23. The minimum absolute atomic E-state index is 1.01. The summed E-state index contributed by atoms with van der Waals surface area (Å²) in [5.41, 5.74) is 0. The molecule has 0 bridgehead atoms. The van der Waals surface area contributed by atoms with Crippen molar-refractivity contribution in [2.45, 2.75) is 32.9 Å². The monoisotopic (exact) mass is 165 g/mol. The number of halogens is 1. The summed E-state index contributed by atoms with van der Waals surface area (Å²) in [6.45, 7) is 7.43. The zero-order chi connectivity index (χ0) is 7.33. The van der Waals surface area contributed by atoms with Crippen molar-refractivity contribution in [2.75, 3.05) is 6.54 Å². The van der Waals surface area contributed by atoms with Crippen LogP contribution in [-0.2, 0) is 0 Å². The van der Waals surface area contributed by atoms with E-state index in [0.29, 0.717) is 0 Å². The average Bonchev–Trinajstić information content (AvgIpc) is 1.89. The molecule has 0 rings (SSSR count). The highest BCUT2D eigenvalue weighted by Gasteiger charge is 2.24. The number of nitrogens with one attached hydrogen (secondary N) is 1. The summed E-state index contributed by atoms with van der Waals surface area (Å²) in [7, 11) is -1.48. The van der Waals surface area contributed by atoms with E-state index in [-0.39, 0.29) is 0 Å². The Morgan fingerprint density at radius 2 is 1.67 bits per heavy atom. The van der Waals surface area contributed by atoms with Crippen LogP contribution in [0.2, 0.25) is 12.1 Å². The van der Waals surface area contributed by atoms with E-state index in [4.69, 9.17) is 11.1 Å². The third-order valence-corrected chi connectivity index (χ3v) is 6.85. The summed E-state index contributed by atoms with van der Waals surface area (Å²) < 4.78 is 0. The first-order valence-corrected chi connectivity index (χ1v) is 7.05. The van der Waals surface area contributed by atoms with Gasteiger partial charge in [0.2, 0.25) is 7.55 Å². The zero-order valence-electron chi connectivity index (χ0n) is 6.50. The van der Waals surface area contributed by atoms with Gasteiger partial charge in [-0.2, -0.15) is 0 Å². The first-order valence-electron chi connectivity index (χ1n) is 3.62. The Kier molecular flexibility index (Phi) is 4.53. The van der Waals surface area contributed by atoms with Gasteiger partial charge in [-0.05, 0) is 18.6 Å². The van der Waals surface area contributed by atoms with E-state index >= 15 is 0 Å². The highest BCUT2D eigenvalue weighted by atomic mass is 35.6. The molecule has 0 radical (unpaired) electrons. The van der Waals surface area contributed by atoms with Crippen LogP contribution in [0.5, 0.6) is 0 Å². The molecule has 0 aliphatic rings. The van der Waals surface area contributed by atoms with Crippen molar-refractivity contribution in [2.24, 2.45) is 0 Å². The highest BCUT2D eigenvalue weighted by molar-refractivity contribution is 7.18. The van der Waals surface area contributed by atoms with Crippen LogP contribution < -0.4 is 4.98 Å². The van der Waals surface area contributed by atoms with Gasteiger partial charge in [-0.1, -0.05) is 20.8 Å². The first-order chi connectivity index (χ1) is 4.18. The minimum atomic E-state index is -1.48. The molecule has 0 spiro atoms. The van der Waals surface area contributed by atoms with E-state index in [1.165, 1.54) is 0 Å². The number of hydrogen-bond donors (Lipinski definition) is 1. The van der Waals surface area contributed by atoms with Crippen molar-refractivity contribution in [1.82, 2.24) is 4.98 Å². The zero-order valence-corrected chi connectivity index (χ0v) is 8.26. The van der Waals surface area contributed by atoms with Gasteiger partial charge >= 0.3 is 0 Å². The van der Waals surface area contributed by atoms with E-state index in [9.17, 15) is 0 Å². The molecular weight excluding hydrogens is 150 g/mol. The standard InChI is InChI=1S/C6H16ClNSi/c1-4-8-9(7,5-2)6-3/h8H,4-6H2,1-3H3. The quantitative estimate of drug-likeness (QED) is 0.498. The van der Waals surface area contributed by atoms with Gasteiger partial charge in [0, 0.05) is 0 Å². The lowest BCUT2D eigenvalue weighted by Gasteiger charge is -2.20. The molecule has 1 nitrogen and oxygen atoms in total. The summed E-state index contributed by atoms with van der Waals surface area (Å²) in [6.07, 6.45) is 0. The molecule has 0 atom stereocenters. The molecule has 0 heterocycles. The fourth-order valence-electron chi connectivity index (χ4n) is 0.817. The van der Waals surface area contributed by atoms with Gasteiger partial charge in [0.15, 0.2) is 0 Å². The Balaban J connectivity index is 3.62. The van der Waals surface area contributed by atoms with Crippen LogP contribution in [0.25, 0.3) is 0 Å². The van der Waals surface area contributed by atoms with E-state index in [0.717, 1.165) is 18.6 Å². The van der Waals surface area contributed by atoms with Gasteiger partial charge in [0.1, 0.15) is 0 Å². The van der Waals surface area contributed by atoms with Crippen LogP contribution in [-0.4, -0.2) is 14.1 Å². The smallest absolute Gasteiger partial charge is 0.226 e. The van der Waals surface area contributed by atoms with Crippen LogP contribution in [0.4, 0.5) is 0 Å². The van der Waals surface area contributed by atoms with E-state index in [2.05, 4.69) is 25.8 Å². The Hall–Kier alpha value is 0.467. The molecule has 0 unspecified atom stereocenters. The molecule has 9 heavy (non-hydrogen) atoms. The van der Waals surface area contributed by atoms with Crippen LogP contribution >= 0.6 is 11.1 Å². The maximum Gasteiger partial charge on any atom is 0.226 e. The molecule has 0 amide bonds. The van der Waals surface area contributed by atoms with Crippen molar-refractivity contribution in [3.63, 3.8) is 0 Å².